The van der Waals surface area contributed by atoms with Gasteiger partial charge in [-0.3, -0.25) is 0 Å². The van der Waals surface area contributed by atoms with Gasteiger partial charge in [-0.2, -0.15) is 0 Å². The second kappa shape index (κ2) is 6.52. The summed E-state index contributed by atoms with van der Waals surface area (Å²) in [5, 5.41) is 10.9. The topological polar surface area (TPSA) is 20.2 Å². The van der Waals surface area contributed by atoms with Crippen molar-refractivity contribution in [2.75, 3.05) is 0 Å². The molecule has 0 aliphatic carbocycles. The number of aliphatic hydroxyl groups is 1. The molecule has 1 unspecified atom stereocenters. The van der Waals surface area contributed by atoms with Crippen LogP contribution in [-0.2, 0) is 0 Å². The van der Waals surface area contributed by atoms with Crippen LogP contribution in [0.1, 0.15) is 79.6 Å². The van der Waals surface area contributed by atoms with Crippen LogP contribution < -0.4 is 0 Å². The fraction of sp³-hybridized carbons (Fsp3) is 1.00. The molecule has 0 aromatic rings. The van der Waals surface area contributed by atoms with E-state index >= 15 is 0 Å². The van der Waals surface area contributed by atoms with Crippen molar-refractivity contribution >= 4 is 0 Å². The molecule has 0 saturated heterocycles. The van der Waals surface area contributed by atoms with Gasteiger partial charge in [0.25, 0.3) is 0 Å². The quantitative estimate of drug-likeness (QED) is 0.629. The second-order valence-electron chi connectivity index (χ2n) is 4.83. The lowest BCUT2D eigenvalue weighted by Crippen LogP contribution is -2.47. The Labute approximate surface area is 96.3 Å². The zero-order valence-corrected chi connectivity index (χ0v) is 11.4. The first-order valence-electron chi connectivity index (χ1n) is 6.78. The third kappa shape index (κ3) is 2.96. The van der Waals surface area contributed by atoms with Crippen molar-refractivity contribution in [3.63, 3.8) is 0 Å². The molecule has 0 amide bonds. The molecule has 0 aromatic carbocycles. The van der Waals surface area contributed by atoms with E-state index in [-0.39, 0.29) is 5.41 Å². The summed E-state index contributed by atoms with van der Waals surface area (Å²) < 4.78 is 0. The summed E-state index contributed by atoms with van der Waals surface area (Å²) in [6.45, 7) is 11.0. The number of unbranched alkanes of at least 4 members (excludes halogenated alkanes) is 1. The molecule has 0 rings (SSSR count). The van der Waals surface area contributed by atoms with Crippen molar-refractivity contribution in [1.82, 2.24) is 0 Å². The van der Waals surface area contributed by atoms with Crippen molar-refractivity contribution in [2.24, 2.45) is 5.41 Å². The lowest BCUT2D eigenvalue weighted by atomic mass is 9.63. The minimum absolute atomic E-state index is 0.136. The van der Waals surface area contributed by atoms with Gasteiger partial charge in [-0.05, 0) is 37.5 Å². The first kappa shape index (κ1) is 15.0. The summed E-state index contributed by atoms with van der Waals surface area (Å²) in [6, 6.07) is 0. The Balaban J connectivity index is 4.84. The molecule has 0 heterocycles. The van der Waals surface area contributed by atoms with E-state index in [0.717, 1.165) is 38.5 Å². The fourth-order valence-electron chi connectivity index (χ4n) is 3.02. The molecule has 0 fully saturated rings. The molecule has 0 radical (unpaired) electrons. The average molecular weight is 214 g/mol. The highest BCUT2D eigenvalue weighted by Crippen LogP contribution is 2.46. The van der Waals surface area contributed by atoms with Gasteiger partial charge in [0.1, 0.15) is 0 Å². The molecule has 1 heteroatoms. The van der Waals surface area contributed by atoms with Crippen LogP contribution in [0.2, 0.25) is 0 Å². The smallest absolute Gasteiger partial charge is 0.0700 e. The highest BCUT2D eigenvalue weighted by molar-refractivity contribution is 4.95. The summed E-state index contributed by atoms with van der Waals surface area (Å²) in [4.78, 5) is 0. The monoisotopic (exact) mass is 214 g/mol. The van der Waals surface area contributed by atoms with Gasteiger partial charge in [-0.25, -0.2) is 0 Å². The Morgan fingerprint density at radius 3 is 1.53 bits per heavy atom. The predicted molar refractivity (Wildman–Crippen MR) is 68.1 cm³/mol. The van der Waals surface area contributed by atoms with Gasteiger partial charge in [0.2, 0.25) is 0 Å². The van der Waals surface area contributed by atoms with E-state index in [9.17, 15) is 5.11 Å². The van der Waals surface area contributed by atoms with Crippen molar-refractivity contribution in [3.05, 3.63) is 0 Å². The van der Waals surface area contributed by atoms with E-state index in [0.29, 0.717) is 0 Å². The van der Waals surface area contributed by atoms with Crippen molar-refractivity contribution in [2.45, 2.75) is 85.2 Å². The predicted octanol–water partition coefficient (Wildman–Crippen LogP) is 4.53. The molecule has 0 saturated carbocycles. The van der Waals surface area contributed by atoms with E-state index in [4.69, 9.17) is 0 Å². The summed E-state index contributed by atoms with van der Waals surface area (Å²) in [5.74, 6) is 0. The molecule has 0 aliphatic rings. The molecule has 0 aliphatic heterocycles. The largest absolute Gasteiger partial charge is 0.389 e. The van der Waals surface area contributed by atoms with Gasteiger partial charge >= 0.3 is 0 Å². The Bertz CT molecular complexity index is 152. The zero-order chi connectivity index (χ0) is 11.9. The van der Waals surface area contributed by atoms with Crippen LogP contribution in [0, 0.1) is 5.41 Å². The second-order valence-corrected chi connectivity index (χ2v) is 4.83. The Hall–Kier alpha value is -0.0400. The highest BCUT2D eigenvalue weighted by Gasteiger charge is 2.44. The SMILES string of the molecule is CCCCC(O)(CC)C(CC)(CC)CC. The Morgan fingerprint density at radius 1 is 0.800 bits per heavy atom. The van der Waals surface area contributed by atoms with Crippen LogP contribution >= 0.6 is 0 Å². The average Bonchev–Trinajstić information content (AvgIpc) is 2.29. The first-order chi connectivity index (χ1) is 7.05. The molecule has 92 valence electrons. The molecular weight excluding hydrogens is 184 g/mol. The van der Waals surface area contributed by atoms with Gasteiger partial charge in [-0.15, -0.1) is 0 Å². The van der Waals surface area contributed by atoms with Crippen molar-refractivity contribution in [3.8, 4) is 0 Å². The molecule has 1 N–H and O–H groups in total. The third-order valence-corrected chi connectivity index (χ3v) is 4.55. The Morgan fingerprint density at radius 2 is 1.27 bits per heavy atom. The summed E-state index contributed by atoms with van der Waals surface area (Å²) in [7, 11) is 0. The van der Waals surface area contributed by atoms with Crippen LogP contribution in [0.5, 0.6) is 0 Å². The van der Waals surface area contributed by atoms with Crippen molar-refractivity contribution < 1.29 is 5.11 Å². The first-order valence-corrected chi connectivity index (χ1v) is 6.78. The van der Waals surface area contributed by atoms with Gasteiger partial charge < -0.3 is 5.11 Å². The van der Waals surface area contributed by atoms with E-state index in [1.165, 1.54) is 6.42 Å². The number of hydrogen-bond donors (Lipinski definition) is 1. The van der Waals surface area contributed by atoms with Crippen LogP contribution in [-0.4, -0.2) is 10.7 Å². The zero-order valence-electron chi connectivity index (χ0n) is 11.4. The minimum Gasteiger partial charge on any atom is -0.389 e. The van der Waals surface area contributed by atoms with Crippen LogP contribution in [0.4, 0.5) is 0 Å². The molecule has 15 heavy (non-hydrogen) atoms. The van der Waals surface area contributed by atoms with E-state index < -0.39 is 5.60 Å². The van der Waals surface area contributed by atoms with E-state index in [1.807, 2.05) is 0 Å². The van der Waals surface area contributed by atoms with Crippen LogP contribution in [0.3, 0.4) is 0 Å². The van der Waals surface area contributed by atoms with Gasteiger partial charge in [-0.1, -0.05) is 47.5 Å². The van der Waals surface area contributed by atoms with Crippen LogP contribution in [0.15, 0.2) is 0 Å². The maximum atomic E-state index is 10.9. The Kier molecular flexibility index (Phi) is 6.51. The van der Waals surface area contributed by atoms with Gasteiger partial charge in [0.15, 0.2) is 0 Å². The normalized spacial score (nSPS) is 16.4. The lowest BCUT2D eigenvalue weighted by Gasteiger charge is -2.46. The minimum atomic E-state index is -0.443. The van der Waals surface area contributed by atoms with Crippen molar-refractivity contribution in [1.29, 1.82) is 0 Å². The summed E-state index contributed by atoms with van der Waals surface area (Å²) in [6.07, 6.45) is 7.45. The molecular formula is C14H30O. The highest BCUT2D eigenvalue weighted by atomic mass is 16.3. The standard InChI is InChI=1S/C14H30O/c1-6-11-12-14(15,10-5)13(7-2,8-3)9-4/h15H,6-12H2,1-5H3. The number of rotatable bonds is 8. The van der Waals surface area contributed by atoms with Gasteiger partial charge in [0, 0.05) is 0 Å². The number of hydrogen-bond acceptors (Lipinski definition) is 1. The van der Waals surface area contributed by atoms with E-state index in [2.05, 4.69) is 34.6 Å². The molecule has 0 spiro atoms. The maximum Gasteiger partial charge on any atom is 0.0700 e. The third-order valence-electron chi connectivity index (χ3n) is 4.55. The molecule has 1 atom stereocenters. The van der Waals surface area contributed by atoms with E-state index in [1.54, 1.807) is 0 Å². The van der Waals surface area contributed by atoms with Gasteiger partial charge in [0.05, 0.1) is 5.60 Å². The fourth-order valence-corrected chi connectivity index (χ4v) is 3.02. The molecule has 1 nitrogen and oxygen atoms in total. The van der Waals surface area contributed by atoms with Crippen LogP contribution in [0.25, 0.3) is 0 Å². The summed E-state index contributed by atoms with van der Waals surface area (Å²) in [5.41, 5.74) is -0.307. The molecule has 0 aromatic heterocycles. The summed E-state index contributed by atoms with van der Waals surface area (Å²) >= 11 is 0. The lowest BCUT2D eigenvalue weighted by molar-refractivity contribution is -0.103. The molecule has 0 bridgehead atoms. The maximum absolute atomic E-state index is 10.9.